The molecule has 0 radical (unpaired) electrons. The molecule has 0 fully saturated rings. The Kier molecular flexibility index (Phi) is 4.13. The number of rotatable bonds is 2. The van der Waals surface area contributed by atoms with E-state index in [4.69, 9.17) is 0 Å². The number of benzene rings is 6. The number of hydrogen-bond acceptors (Lipinski definition) is 0. The van der Waals surface area contributed by atoms with Crippen LogP contribution >= 0.6 is 0 Å². The van der Waals surface area contributed by atoms with Crippen LogP contribution in [0.25, 0.3) is 54.6 Å². The summed E-state index contributed by atoms with van der Waals surface area (Å²) in [4.78, 5) is 0. The van der Waals surface area contributed by atoms with Gasteiger partial charge in [-0.2, -0.15) is 0 Å². The van der Waals surface area contributed by atoms with Crippen LogP contribution in [0.15, 0.2) is 84.9 Å². The van der Waals surface area contributed by atoms with Crippen molar-refractivity contribution in [2.45, 2.75) is 27.7 Å². The molecule has 0 aliphatic carbocycles. The zero-order valence-electron chi connectivity index (χ0n) is 19.1. The number of aryl methyl sites for hydroxylation is 4. The van der Waals surface area contributed by atoms with Crippen molar-refractivity contribution < 1.29 is 0 Å². The summed E-state index contributed by atoms with van der Waals surface area (Å²) in [6.45, 7) is 8.78. The van der Waals surface area contributed by atoms with Crippen LogP contribution in [0, 0.1) is 27.7 Å². The van der Waals surface area contributed by atoms with Gasteiger partial charge in [-0.25, -0.2) is 0 Å². The van der Waals surface area contributed by atoms with E-state index in [1.165, 1.54) is 76.8 Å². The third kappa shape index (κ3) is 2.76. The molecule has 0 aromatic heterocycles. The van der Waals surface area contributed by atoms with Gasteiger partial charge in [0.15, 0.2) is 0 Å². The Bertz CT molecular complexity index is 1520. The van der Waals surface area contributed by atoms with E-state index in [-0.39, 0.29) is 0 Å². The molecule has 0 spiro atoms. The Morgan fingerprint density at radius 2 is 0.781 bits per heavy atom. The second-order valence-corrected chi connectivity index (χ2v) is 9.29. The van der Waals surface area contributed by atoms with E-state index in [9.17, 15) is 0 Å². The third-order valence-electron chi connectivity index (χ3n) is 7.03. The summed E-state index contributed by atoms with van der Waals surface area (Å²) in [5.74, 6) is 0. The Morgan fingerprint density at radius 3 is 1.22 bits per heavy atom. The SMILES string of the molecule is Cc1ccc(C)c(-c2ccc3ccc4c(-c5cc(C)ccc5C)ccc5ccc2c3c54)c1. The molecule has 0 heteroatoms. The van der Waals surface area contributed by atoms with E-state index in [0.29, 0.717) is 0 Å². The molecule has 0 aliphatic heterocycles. The van der Waals surface area contributed by atoms with Crippen LogP contribution in [-0.2, 0) is 0 Å². The van der Waals surface area contributed by atoms with Crippen molar-refractivity contribution in [2.24, 2.45) is 0 Å². The molecule has 0 unspecified atom stereocenters. The second-order valence-electron chi connectivity index (χ2n) is 9.29. The van der Waals surface area contributed by atoms with Crippen LogP contribution in [0.3, 0.4) is 0 Å². The van der Waals surface area contributed by atoms with Gasteiger partial charge in [-0.3, -0.25) is 0 Å². The van der Waals surface area contributed by atoms with Crippen molar-refractivity contribution in [3.8, 4) is 22.3 Å². The maximum Gasteiger partial charge on any atom is -0.00203 e. The fourth-order valence-electron chi connectivity index (χ4n) is 5.32. The first-order chi connectivity index (χ1) is 15.5. The van der Waals surface area contributed by atoms with E-state index in [1.54, 1.807) is 0 Å². The van der Waals surface area contributed by atoms with Crippen molar-refractivity contribution in [1.82, 2.24) is 0 Å². The van der Waals surface area contributed by atoms with Crippen molar-refractivity contribution in [1.29, 1.82) is 0 Å². The Balaban J connectivity index is 1.74. The summed E-state index contributed by atoms with van der Waals surface area (Å²) < 4.78 is 0. The van der Waals surface area contributed by atoms with E-state index in [2.05, 4.69) is 113 Å². The first kappa shape index (κ1) is 19.1. The molecule has 0 aliphatic rings. The van der Waals surface area contributed by atoms with Crippen LogP contribution < -0.4 is 0 Å². The van der Waals surface area contributed by atoms with Gasteiger partial charge in [-0.15, -0.1) is 0 Å². The first-order valence-corrected chi connectivity index (χ1v) is 11.4. The number of hydrogen-bond donors (Lipinski definition) is 0. The van der Waals surface area contributed by atoms with Crippen LogP contribution in [0.4, 0.5) is 0 Å². The summed E-state index contributed by atoms with van der Waals surface area (Å²) in [5.41, 5.74) is 10.6. The van der Waals surface area contributed by atoms with Crippen molar-refractivity contribution in [3.05, 3.63) is 107 Å². The van der Waals surface area contributed by atoms with Gasteiger partial charge < -0.3 is 0 Å². The van der Waals surface area contributed by atoms with E-state index >= 15 is 0 Å². The largest absolute Gasteiger partial charge is 0.0590 e. The Morgan fingerprint density at radius 1 is 0.375 bits per heavy atom. The molecule has 32 heavy (non-hydrogen) atoms. The molecule has 0 nitrogen and oxygen atoms in total. The summed E-state index contributed by atoms with van der Waals surface area (Å²) in [6.07, 6.45) is 0. The lowest BCUT2D eigenvalue weighted by Crippen LogP contribution is -1.92. The molecular formula is C32H26. The predicted octanol–water partition coefficient (Wildman–Crippen LogP) is 9.15. The normalized spacial score (nSPS) is 11.8. The highest BCUT2D eigenvalue weighted by Gasteiger charge is 2.16. The molecule has 6 rings (SSSR count). The zero-order chi connectivity index (χ0) is 22.0. The van der Waals surface area contributed by atoms with Crippen molar-refractivity contribution >= 4 is 32.3 Å². The smallest absolute Gasteiger partial charge is 0.00203 e. The summed E-state index contributed by atoms with van der Waals surface area (Å²) in [5, 5.41) is 8.06. The summed E-state index contributed by atoms with van der Waals surface area (Å²) >= 11 is 0. The van der Waals surface area contributed by atoms with Gasteiger partial charge in [0, 0.05) is 0 Å². The van der Waals surface area contributed by atoms with Gasteiger partial charge in [0.1, 0.15) is 0 Å². The maximum atomic E-state index is 2.32. The molecule has 0 atom stereocenters. The highest BCUT2D eigenvalue weighted by Crippen LogP contribution is 2.43. The topological polar surface area (TPSA) is 0 Å². The molecule has 0 bridgehead atoms. The minimum absolute atomic E-state index is 1.30. The molecule has 154 valence electrons. The van der Waals surface area contributed by atoms with Crippen LogP contribution in [-0.4, -0.2) is 0 Å². The highest BCUT2D eigenvalue weighted by atomic mass is 14.2. The van der Waals surface area contributed by atoms with Gasteiger partial charge >= 0.3 is 0 Å². The van der Waals surface area contributed by atoms with Gasteiger partial charge in [0.25, 0.3) is 0 Å². The van der Waals surface area contributed by atoms with Crippen LogP contribution in [0.5, 0.6) is 0 Å². The van der Waals surface area contributed by atoms with E-state index in [0.717, 1.165) is 0 Å². The quantitative estimate of drug-likeness (QED) is 0.250. The summed E-state index contributed by atoms with van der Waals surface area (Å²) in [6, 6.07) is 31.9. The van der Waals surface area contributed by atoms with Crippen LogP contribution in [0.1, 0.15) is 22.3 Å². The van der Waals surface area contributed by atoms with E-state index in [1.807, 2.05) is 0 Å². The van der Waals surface area contributed by atoms with Gasteiger partial charge in [-0.05, 0) is 93.4 Å². The minimum atomic E-state index is 1.30. The lowest BCUT2D eigenvalue weighted by atomic mass is 9.85. The van der Waals surface area contributed by atoms with Gasteiger partial charge in [0.05, 0.1) is 0 Å². The summed E-state index contributed by atoms with van der Waals surface area (Å²) in [7, 11) is 0. The fourth-order valence-corrected chi connectivity index (χ4v) is 5.32. The lowest BCUT2D eigenvalue weighted by Gasteiger charge is -2.18. The Hall–Kier alpha value is -3.64. The van der Waals surface area contributed by atoms with Gasteiger partial charge in [0.2, 0.25) is 0 Å². The molecule has 0 amide bonds. The first-order valence-electron chi connectivity index (χ1n) is 11.4. The van der Waals surface area contributed by atoms with Gasteiger partial charge in [-0.1, -0.05) is 96.1 Å². The van der Waals surface area contributed by atoms with Crippen LogP contribution in [0.2, 0.25) is 0 Å². The molecule has 0 N–H and O–H groups in total. The molecular weight excluding hydrogens is 384 g/mol. The third-order valence-corrected chi connectivity index (χ3v) is 7.03. The molecule has 6 aromatic rings. The molecule has 0 saturated carbocycles. The molecule has 0 saturated heterocycles. The standard InChI is InChI=1S/C32H26/c1-19-5-7-21(3)29(17-19)25-13-9-23-12-16-28-26(30-18-20(2)6-8-22(30)4)14-10-24-11-15-27(25)31(23)32(24)28/h5-18H,1-4H3. The monoisotopic (exact) mass is 410 g/mol. The fraction of sp³-hybridized carbons (Fsp3) is 0.125. The Labute approximate surface area is 189 Å². The minimum Gasteiger partial charge on any atom is -0.0590 e. The van der Waals surface area contributed by atoms with Crippen molar-refractivity contribution in [2.75, 3.05) is 0 Å². The van der Waals surface area contributed by atoms with E-state index < -0.39 is 0 Å². The predicted molar refractivity (Wildman–Crippen MR) is 140 cm³/mol. The lowest BCUT2D eigenvalue weighted by molar-refractivity contribution is 1.40. The zero-order valence-corrected chi connectivity index (χ0v) is 19.1. The highest BCUT2D eigenvalue weighted by molar-refractivity contribution is 6.27. The average molecular weight is 411 g/mol. The molecule has 0 heterocycles. The average Bonchev–Trinajstić information content (AvgIpc) is 2.80. The molecule has 6 aromatic carbocycles. The van der Waals surface area contributed by atoms with Crippen molar-refractivity contribution in [3.63, 3.8) is 0 Å². The second kappa shape index (κ2) is 6.93. The maximum absolute atomic E-state index is 2.32.